The van der Waals surface area contributed by atoms with E-state index in [0.29, 0.717) is 0 Å². The van der Waals surface area contributed by atoms with Gasteiger partial charge < -0.3 is 4.52 Å². The van der Waals surface area contributed by atoms with Crippen LogP contribution in [0.2, 0.25) is 0 Å². The molecule has 0 heterocycles. The molecule has 0 saturated heterocycles. The molecule has 0 aromatic heterocycles. The summed E-state index contributed by atoms with van der Waals surface area (Å²) in [7, 11) is 1.49. The van der Waals surface area contributed by atoms with Gasteiger partial charge in [0.2, 0.25) is 0 Å². The molecule has 88 valence electrons. The van der Waals surface area contributed by atoms with Gasteiger partial charge in [0.05, 0.1) is 0 Å². The average Bonchev–Trinajstić information content (AvgIpc) is 2.41. The Morgan fingerprint density at radius 1 is 0.941 bits per heavy atom. The molecule has 0 aliphatic rings. The van der Waals surface area contributed by atoms with Crippen LogP contribution in [0.3, 0.4) is 0 Å². The van der Waals surface area contributed by atoms with E-state index in [1.54, 1.807) is 0 Å². The van der Waals surface area contributed by atoms with E-state index >= 15 is 0 Å². The molecule has 2 aromatic rings. The maximum atomic E-state index is 12.7. The van der Waals surface area contributed by atoms with Crippen molar-refractivity contribution in [2.75, 3.05) is 7.11 Å². The highest BCUT2D eigenvalue weighted by atomic mass is 32.7. The maximum Gasteiger partial charge on any atom is 0.291 e. The van der Waals surface area contributed by atoms with Crippen molar-refractivity contribution in [2.24, 2.45) is 0 Å². The van der Waals surface area contributed by atoms with Gasteiger partial charge in [-0.15, -0.1) is 0 Å². The summed E-state index contributed by atoms with van der Waals surface area (Å²) in [6, 6.07) is 18.9. The minimum absolute atomic E-state index is 0.733. The Morgan fingerprint density at radius 3 is 2.00 bits per heavy atom. The van der Waals surface area contributed by atoms with Crippen LogP contribution < -0.4 is 5.30 Å². The second-order valence-electron chi connectivity index (χ2n) is 3.42. The zero-order chi connectivity index (χ0) is 12.1. The molecule has 0 aliphatic heterocycles. The van der Waals surface area contributed by atoms with Gasteiger partial charge in [0, 0.05) is 17.3 Å². The molecule has 0 N–H and O–H groups in total. The van der Waals surface area contributed by atoms with Gasteiger partial charge in [-0.2, -0.15) is 0 Å². The van der Waals surface area contributed by atoms with E-state index in [0.717, 1.165) is 10.2 Å². The molecule has 0 amide bonds. The number of benzene rings is 2. The first-order chi connectivity index (χ1) is 8.24. The lowest BCUT2D eigenvalue weighted by molar-refractivity contribution is 0.418. The summed E-state index contributed by atoms with van der Waals surface area (Å²) in [5.74, 6) is 0. The highest BCUT2D eigenvalue weighted by Crippen LogP contribution is 2.60. The molecule has 0 spiro atoms. The van der Waals surface area contributed by atoms with Crippen molar-refractivity contribution >= 4 is 23.3 Å². The van der Waals surface area contributed by atoms with Crippen molar-refractivity contribution < 1.29 is 9.09 Å². The number of hydrogen-bond acceptors (Lipinski definition) is 3. The smallest absolute Gasteiger partial charge is 0.291 e. The summed E-state index contributed by atoms with van der Waals surface area (Å²) in [5, 5.41) is 0.733. The number of rotatable bonds is 4. The predicted molar refractivity (Wildman–Crippen MR) is 73.0 cm³/mol. The van der Waals surface area contributed by atoms with E-state index in [1.165, 1.54) is 18.5 Å². The molecular formula is C13H13O2PS. The lowest BCUT2D eigenvalue weighted by atomic mass is 10.4. The van der Waals surface area contributed by atoms with Crippen molar-refractivity contribution in [3.05, 3.63) is 60.7 Å². The fraction of sp³-hybridized carbons (Fsp3) is 0.0769. The summed E-state index contributed by atoms with van der Waals surface area (Å²) >= 11 is 1.28. The van der Waals surface area contributed by atoms with Crippen LogP contribution in [0.5, 0.6) is 0 Å². The Bertz CT molecular complexity index is 513. The zero-order valence-corrected chi connectivity index (χ0v) is 11.2. The van der Waals surface area contributed by atoms with Gasteiger partial charge in [-0.1, -0.05) is 36.4 Å². The Balaban J connectivity index is 2.30. The quantitative estimate of drug-likeness (QED) is 0.782. The first-order valence-electron chi connectivity index (χ1n) is 5.21. The van der Waals surface area contributed by atoms with Crippen LogP contribution in [0.15, 0.2) is 65.6 Å². The molecule has 17 heavy (non-hydrogen) atoms. The van der Waals surface area contributed by atoms with Crippen molar-refractivity contribution in [1.82, 2.24) is 0 Å². The normalized spacial score (nSPS) is 14.2. The first-order valence-corrected chi connectivity index (χ1v) is 8.25. The molecule has 2 nitrogen and oxygen atoms in total. The predicted octanol–water partition coefficient (Wildman–Crippen LogP) is 3.94. The second kappa shape index (κ2) is 5.54. The molecule has 0 saturated carbocycles. The summed E-state index contributed by atoms with van der Waals surface area (Å²) in [4.78, 5) is 0.946. The molecule has 0 bridgehead atoms. The summed E-state index contributed by atoms with van der Waals surface area (Å²) in [6.07, 6.45) is 0. The van der Waals surface area contributed by atoms with Gasteiger partial charge in [0.1, 0.15) is 0 Å². The van der Waals surface area contributed by atoms with Crippen LogP contribution in [-0.4, -0.2) is 7.11 Å². The van der Waals surface area contributed by atoms with Gasteiger partial charge in [-0.3, -0.25) is 4.57 Å². The summed E-state index contributed by atoms with van der Waals surface area (Å²) < 4.78 is 17.9. The van der Waals surface area contributed by atoms with Crippen molar-refractivity contribution in [2.45, 2.75) is 4.90 Å². The molecule has 1 atom stereocenters. The molecule has 2 rings (SSSR count). The van der Waals surface area contributed by atoms with Crippen molar-refractivity contribution in [3.8, 4) is 0 Å². The maximum absolute atomic E-state index is 12.7. The fourth-order valence-corrected chi connectivity index (χ4v) is 5.01. The standard InChI is InChI=1S/C13H13O2PS/c1-15-16(14,12-8-4-2-5-9-12)17-13-10-6-3-7-11-13/h2-11H,1H3/t16-/m1/s1. The topological polar surface area (TPSA) is 26.3 Å². The van der Waals surface area contributed by atoms with E-state index in [-0.39, 0.29) is 0 Å². The molecule has 0 unspecified atom stereocenters. The van der Waals surface area contributed by atoms with Crippen LogP contribution >= 0.6 is 18.0 Å². The van der Waals surface area contributed by atoms with Crippen molar-refractivity contribution in [1.29, 1.82) is 0 Å². The Hall–Kier alpha value is -1.02. The molecule has 0 fully saturated rings. The third-order valence-electron chi connectivity index (χ3n) is 2.28. The Labute approximate surface area is 105 Å². The van der Waals surface area contributed by atoms with Crippen molar-refractivity contribution in [3.63, 3.8) is 0 Å². The van der Waals surface area contributed by atoms with E-state index in [2.05, 4.69) is 0 Å². The van der Waals surface area contributed by atoms with Crippen LogP contribution in [0.4, 0.5) is 0 Å². The van der Waals surface area contributed by atoms with Gasteiger partial charge in [-0.25, -0.2) is 0 Å². The second-order valence-corrected chi connectivity index (χ2v) is 7.94. The monoisotopic (exact) mass is 264 g/mol. The molecule has 0 radical (unpaired) electrons. The lowest BCUT2D eigenvalue weighted by Gasteiger charge is -2.15. The number of hydrogen-bond donors (Lipinski definition) is 0. The SMILES string of the molecule is CO[P@@](=O)(Sc1ccccc1)c1ccccc1. The van der Waals surface area contributed by atoms with Gasteiger partial charge >= 0.3 is 0 Å². The lowest BCUT2D eigenvalue weighted by Crippen LogP contribution is -2.02. The van der Waals surface area contributed by atoms with Gasteiger partial charge in [-0.05, 0) is 35.6 Å². The van der Waals surface area contributed by atoms with Crippen LogP contribution in [0, 0.1) is 0 Å². The molecule has 0 aliphatic carbocycles. The third kappa shape index (κ3) is 3.01. The fourth-order valence-electron chi connectivity index (χ4n) is 1.43. The summed E-state index contributed by atoms with van der Waals surface area (Å²) in [5.41, 5.74) is 0. The van der Waals surface area contributed by atoms with Gasteiger partial charge in [0.25, 0.3) is 6.57 Å². The van der Waals surface area contributed by atoms with E-state index in [1.807, 2.05) is 60.7 Å². The summed E-state index contributed by atoms with van der Waals surface area (Å²) in [6.45, 7) is -2.86. The average molecular weight is 264 g/mol. The first kappa shape index (κ1) is 12.4. The largest absolute Gasteiger partial charge is 0.321 e. The zero-order valence-electron chi connectivity index (χ0n) is 9.45. The highest BCUT2D eigenvalue weighted by molar-refractivity contribution is 8.58. The minimum Gasteiger partial charge on any atom is -0.321 e. The van der Waals surface area contributed by atoms with Crippen LogP contribution in [-0.2, 0) is 9.09 Å². The van der Waals surface area contributed by atoms with E-state index < -0.39 is 6.57 Å². The third-order valence-corrected chi connectivity index (χ3v) is 6.85. The van der Waals surface area contributed by atoms with E-state index in [4.69, 9.17) is 4.52 Å². The van der Waals surface area contributed by atoms with E-state index in [9.17, 15) is 4.57 Å². The van der Waals surface area contributed by atoms with Crippen LogP contribution in [0.25, 0.3) is 0 Å². The molecule has 2 aromatic carbocycles. The molecule has 4 heteroatoms. The Kier molecular flexibility index (Phi) is 4.06. The minimum atomic E-state index is -2.86. The Morgan fingerprint density at radius 2 is 1.47 bits per heavy atom. The van der Waals surface area contributed by atoms with Gasteiger partial charge in [0.15, 0.2) is 0 Å². The van der Waals surface area contributed by atoms with Crippen LogP contribution in [0.1, 0.15) is 0 Å². The molecular weight excluding hydrogens is 251 g/mol. The highest BCUT2D eigenvalue weighted by Gasteiger charge is 2.25.